The van der Waals surface area contributed by atoms with Gasteiger partial charge in [-0.1, -0.05) is 164 Å². The molecular formula is C54H35NO. The van der Waals surface area contributed by atoms with Gasteiger partial charge in [-0.15, -0.1) is 0 Å². The van der Waals surface area contributed by atoms with Crippen LogP contribution in [0.2, 0.25) is 0 Å². The van der Waals surface area contributed by atoms with E-state index in [1.165, 1.54) is 49.2 Å². The minimum absolute atomic E-state index is 0.900. The van der Waals surface area contributed by atoms with E-state index in [1.54, 1.807) is 0 Å². The Morgan fingerprint density at radius 3 is 1.61 bits per heavy atom. The summed E-state index contributed by atoms with van der Waals surface area (Å²) in [6.45, 7) is 0. The van der Waals surface area contributed by atoms with Crippen LogP contribution < -0.4 is 4.90 Å². The number of hydrogen-bond acceptors (Lipinski definition) is 2. The van der Waals surface area contributed by atoms with Crippen molar-refractivity contribution in [2.24, 2.45) is 0 Å². The third kappa shape index (κ3) is 5.19. The summed E-state index contributed by atoms with van der Waals surface area (Å²) in [4.78, 5) is 2.37. The average Bonchev–Trinajstić information content (AvgIpc) is 3.67. The fourth-order valence-corrected chi connectivity index (χ4v) is 8.74. The molecule has 0 aliphatic carbocycles. The van der Waals surface area contributed by atoms with E-state index in [1.807, 2.05) is 0 Å². The van der Waals surface area contributed by atoms with E-state index in [-0.39, 0.29) is 0 Å². The molecular weight excluding hydrogens is 679 g/mol. The molecule has 0 radical (unpaired) electrons. The van der Waals surface area contributed by atoms with Crippen molar-refractivity contribution in [3.63, 3.8) is 0 Å². The lowest BCUT2D eigenvalue weighted by Gasteiger charge is -2.27. The third-order valence-corrected chi connectivity index (χ3v) is 11.2. The summed E-state index contributed by atoms with van der Waals surface area (Å²) in [5, 5.41) is 9.55. The summed E-state index contributed by atoms with van der Waals surface area (Å²) < 4.78 is 6.54. The maximum absolute atomic E-state index is 6.54. The van der Waals surface area contributed by atoms with Crippen LogP contribution in [-0.2, 0) is 0 Å². The van der Waals surface area contributed by atoms with E-state index in [0.717, 1.165) is 55.5 Å². The molecule has 0 saturated carbocycles. The van der Waals surface area contributed by atoms with Gasteiger partial charge in [0.1, 0.15) is 11.2 Å². The topological polar surface area (TPSA) is 16.4 Å². The van der Waals surface area contributed by atoms with Gasteiger partial charge in [-0.2, -0.15) is 0 Å². The smallest absolute Gasteiger partial charge is 0.143 e. The van der Waals surface area contributed by atoms with Crippen LogP contribution in [0.5, 0.6) is 0 Å². The molecule has 1 heterocycles. The van der Waals surface area contributed by atoms with Gasteiger partial charge in [0.25, 0.3) is 0 Å². The molecule has 56 heavy (non-hydrogen) atoms. The molecule has 10 aromatic carbocycles. The highest BCUT2D eigenvalue weighted by atomic mass is 16.3. The maximum Gasteiger partial charge on any atom is 0.143 e. The molecule has 11 rings (SSSR count). The summed E-state index contributed by atoms with van der Waals surface area (Å²) in [5.41, 5.74) is 12.3. The number of rotatable bonds is 6. The number of fused-ring (bicyclic) bond motifs is 8. The van der Waals surface area contributed by atoms with Gasteiger partial charge in [-0.25, -0.2) is 0 Å². The highest BCUT2D eigenvalue weighted by Gasteiger charge is 2.21. The van der Waals surface area contributed by atoms with Gasteiger partial charge in [0.15, 0.2) is 0 Å². The number of benzene rings is 10. The zero-order chi connectivity index (χ0) is 37.0. The minimum Gasteiger partial charge on any atom is -0.455 e. The standard InChI is InChI=1S/C54H35NO/c1-4-16-38(17-5-1)51-47-24-13-12-23-45(47)46-34-32-42(35-49(46)52(51)39-18-6-2-7-19-39)55(40-20-8-3-9-21-40)41-30-27-37(28-31-41)43-25-14-26-50-53(43)48-33-29-36-15-10-11-22-44(36)54(48)56-50/h1-35H. The molecule has 11 aromatic rings. The average molecular weight is 714 g/mol. The van der Waals surface area contributed by atoms with Crippen molar-refractivity contribution in [3.8, 4) is 33.4 Å². The summed E-state index contributed by atoms with van der Waals surface area (Å²) >= 11 is 0. The Labute approximate surface area is 325 Å². The Bertz CT molecular complexity index is 3220. The fourth-order valence-electron chi connectivity index (χ4n) is 8.74. The maximum atomic E-state index is 6.54. The van der Waals surface area contributed by atoms with Crippen LogP contribution in [0.15, 0.2) is 217 Å². The van der Waals surface area contributed by atoms with Crippen molar-refractivity contribution in [2.75, 3.05) is 4.90 Å². The molecule has 0 N–H and O–H groups in total. The lowest BCUT2D eigenvalue weighted by Crippen LogP contribution is -2.10. The molecule has 0 amide bonds. The Hall–Kier alpha value is -7.42. The first kappa shape index (κ1) is 32.0. The van der Waals surface area contributed by atoms with Gasteiger partial charge in [0.2, 0.25) is 0 Å². The van der Waals surface area contributed by atoms with E-state index in [9.17, 15) is 0 Å². The highest BCUT2D eigenvalue weighted by molar-refractivity contribution is 6.22. The Morgan fingerprint density at radius 1 is 0.321 bits per heavy atom. The second-order valence-corrected chi connectivity index (χ2v) is 14.4. The molecule has 0 spiro atoms. The molecule has 2 nitrogen and oxygen atoms in total. The van der Waals surface area contributed by atoms with Crippen molar-refractivity contribution in [2.45, 2.75) is 0 Å². The van der Waals surface area contributed by atoms with Crippen LogP contribution >= 0.6 is 0 Å². The van der Waals surface area contributed by atoms with Gasteiger partial charge in [-0.05, 0) is 109 Å². The van der Waals surface area contributed by atoms with Crippen molar-refractivity contribution >= 4 is 71.3 Å². The molecule has 0 bridgehead atoms. The summed E-state index contributed by atoms with van der Waals surface area (Å²) in [6.07, 6.45) is 0. The second-order valence-electron chi connectivity index (χ2n) is 14.4. The zero-order valence-electron chi connectivity index (χ0n) is 30.6. The normalized spacial score (nSPS) is 11.6. The van der Waals surface area contributed by atoms with Gasteiger partial charge >= 0.3 is 0 Å². The zero-order valence-corrected chi connectivity index (χ0v) is 30.6. The van der Waals surface area contributed by atoms with Crippen molar-refractivity contribution in [1.82, 2.24) is 0 Å². The predicted molar refractivity (Wildman–Crippen MR) is 237 cm³/mol. The molecule has 0 unspecified atom stereocenters. The van der Waals surface area contributed by atoms with Crippen LogP contribution in [-0.4, -0.2) is 0 Å². The quantitative estimate of drug-likeness (QED) is 0.160. The molecule has 0 aliphatic heterocycles. The predicted octanol–water partition coefficient (Wildman–Crippen LogP) is 15.5. The SMILES string of the molecule is c1ccc(-c2c(-c3ccccc3)c3cc(N(c4ccccc4)c4ccc(-c5cccc6oc7c8ccccc8ccc7c56)cc4)ccc3c3ccccc23)cc1. The second kappa shape index (κ2) is 13.2. The van der Waals surface area contributed by atoms with E-state index in [0.29, 0.717) is 0 Å². The molecule has 0 saturated heterocycles. The first-order chi connectivity index (χ1) is 27.8. The lowest BCUT2D eigenvalue weighted by molar-refractivity contribution is 0.673. The van der Waals surface area contributed by atoms with Crippen molar-refractivity contribution in [3.05, 3.63) is 212 Å². The van der Waals surface area contributed by atoms with Crippen LogP contribution in [0, 0.1) is 0 Å². The van der Waals surface area contributed by atoms with Crippen molar-refractivity contribution in [1.29, 1.82) is 0 Å². The largest absolute Gasteiger partial charge is 0.455 e. The van der Waals surface area contributed by atoms with Crippen LogP contribution in [0.1, 0.15) is 0 Å². The Morgan fingerprint density at radius 2 is 0.875 bits per heavy atom. The first-order valence-electron chi connectivity index (χ1n) is 19.2. The summed E-state index contributed by atoms with van der Waals surface area (Å²) in [7, 11) is 0. The summed E-state index contributed by atoms with van der Waals surface area (Å²) in [6, 6.07) is 76.4. The highest BCUT2D eigenvalue weighted by Crippen LogP contribution is 2.47. The van der Waals surface area contributed by atoms with Crippen molar-refractivity contribution < 1.29 is 4.42 Å². The monoisotopic (exact) mass is 713 g/mol. The number of anilines is 3. The number of para-hydroxylation sites is 1. The van der Waals surface area contributed by atoms with Crippen LogP contribution in [0.25, 0.3) is 87.6 Å². The number of nitrogens with zero attached hydrogens (tertiary/aromatic N) is 1. The fraction of sp³-hybridized carbons (Fsp3) is 0. The molecule has 262 valence electrons. The molecule has 0 atom stereocenters. The van der Waals surface area contributed by atoms with Gasteiger partial charge in [0.05, 0.1) is 0 Å². The number of hydrogen-bond donors (Lipinski definition) is 0. The first-order valence-corrected chi connectivity index (χ1v) is 19.2. The van der Waals surface area contributed by atoms with E-state index in [4.69, 9.17) is 4.42 Å². The number of furan rings is 1. The van der Waals surface area contributed by atoms with Crippen LogP contribution in [0.4, 0.5) is 17.1 Å². The van der Waals surface area contributed by atoms with Gasteiger partial charge in [0, 0.05) is 33.2 Å². The third-order valence-electron chi connectivity index (χ3n) is 11.2. The Kier molecular flexibility index (Phi) is 7.53. The van der Waals surface area contributed by atoms with E-state index >= 15 is 0 Å². The summed E-state index contributed by atoms with van der Waals surface area (Å²) in [5.74, 6) is 0. The minimum atomic E-state index is 0.900. The molecule has 1 aromatic heterocycles. The molecule has 0 fully saturated rings. The molecule has 2 heteroatoms. The van der Waals surface area contributed by atoms with Gasteiger partial charge < -0.3 is 9.32 Å². The van der Waals surface area contributed by atoms with Crippen LogP contribution in [0.3, 0.4) is 0 Å². The van der Waals surface area contributed by atoms with E-state index in [2.05, 4.69) is 217 Å². The Balaban J connectivity index is 1.11. The molecule has 0 aliphatic rings. The van der Waals surface area contributed by atoms with Gasteiger partial charge in [-0.3, -0.25) is 0 Å². The lowest BCUT2D eigenvalue weighted by atomic mass is 9.85. The van der Waals surface area contributed by atoms with E-state index < -0.39 is 0 Å².